The zero-order valence-corrected chi connectivity index (χ0v) is 18.9. The van der Waals surface area contributed by atoms with Crippen molar-refractivity contribution >= 4 is 15.9 Å². The summed E-state index contributed by atoms with van der Waals surface area (Å²) in [7, 11) is -2.36. The number of piperidine rings is 1. The summed E-state index contributed by atoms with van der Waals surface area (Å²) in [5, 5.41) is 0. The number of terminal acetylenes is 1. The summed E-state index contributed by atoms with van der Waals surface area (Å²) in [5.41, 5.74) is 1.59. The zero-order chi connectivity index (χ0) is 22.7. The standard InChI is InChI=1S/C24H27N3O4S/c1-3-14-26-16-19(17-31-2)22-10-7-11-23(24(26)28)27(22)32(29,30)20-12-13-21(25-15-20)18-8-5-4-6-9-18/h1,4-6,8-9,12-13,15,19,22-23H,7,10-11,14,16-17H2,2H3. The highest BCUT2D eigenvalue weighted by atomic mass is 32.2. The molecular weight excluding hydrogens is 426 g/mol. The normalized spacial score (nSPS) is 24.1. The fourth-order valence-electron chi connectivity index (χ4n) is 4.80. The van der Waals surface area contributed by atoms with Gasteiger partial charge in [0.25, 0.3) is 0 Å². The number of rotatable bonds is 6. The van der Waals surface area contributed by atoms with Crippen molar-refractivity contribution in [2.75, 3.05) is 26.8 Å². The van der Waals surface area contributed by atoms with Crippen molar-refractivity contribution in [2.45, 2.75) is 36.2 Å². The number of aromatic nitrogens is 1. The van der Waals surface area contributed by atoms with Crippen LogP contribution >= 0.6 is 0 Å². The Labute approximate surface area is 189 Å². The monoisotopic (exact) mass is 453 g/mol. The van der Waals surface area contributed by atoms with Crippen molar-refractivity contribution in [2.24, 2.45) is 5.92 Å². The second-order valence-corrected chi connectivity index (χ2v) is 10.1. The zero-order valence-electron chi connectivity index (χ0n) is 18.1. The summed E-state index contributed by atoms with van der Waals surface area (Å²) in [6.07, 6.45) is 8.80. The number of carbonyl (C=O) groups excluding carboxylic acids is 1. The van der Waals surface area contributed by atoms with Crippen LogP contribution in [0.3, 0.4) is 0 Å². The van der Waals surface area contributed by atoms with Crippen molar-refractivity contribution in [3.8, 4) is 23.6 Å². The molecule has 32 heavy (non-hydrogen) atoms. The van der Waals surface area contributed by atoms with Crippen LogP contribution in [0.15, 0.2) is 53.6 Å². The summed E-state index contributed by atoms with van der Waals surface area (Å²) < 4.78 is 34.4. The van der Waals surface area contributed by atoms with E-state index in [4.69, 9.17) is 11.2 Å². The second kappa shape index (κ2) is 9.41. The molecule has 8 heteroatoms. The highest BCUT2D eigenvalue weighted by Crippen LogP contribution is 2.37. The van der Waals surface area contributed by atoms with Crippen LogP contribution < -0.4 is 0 Å². The molecule has 0 N–H and O–H groups in total. The lowest BCUT2D eigenvalue weighted by Gasteiger charge is -2.40. The maximum absolute atomic E-state index is 13.8. The lowest BCUT2D eigenvalue weighted by atomic mass is 9.91. The molecule has 2 fully saturated rings. The molecule has 2 aliphatic rings. The van der Waals surface area contributed by atoms with Gasteiger partial charge in [0.1, 0.15) is 10.9 Å². The van der Waals surface area contributed by atoms with Crippen LogP contribution in [0.25, 0.3) is 11.3 Å². The Bertz CT molecular complexity index is 1100. The maximum atomic E-state index is 13.8. The van der Waals surface area contributed by atoms with Gasteiger partial charge >= 0.3 is 0 Å². The molecule has 4 rings (SSSR count). The maximum Gasteiger partial charge on any atom is 0.245 e. The van der Waals surface area contributed by atoms with E-state index in [1.54, 1.807) is 24.1 Å². The average molecular weight is 454 g/mol. The van der Waals surface area contributed by atoms with Gasteiger partial charge in [0, 0.05) is 37.4 Å². The number of sulfonamides is 1. The van der Waals surface area contributed by atoms with Gasteiger partial charge in [0.15, 0.2) is 0 Å². The molecule has 3 unspecified atom stereocenters. The summed E-state index contributed by atoms with van der Waals surface area (Å²) in [6.45, 7) is 0.891. The number of nitrogens with zero attached hydrogens (tertiary/aromatic N) is 3. The minimum Gasteiger partial charge on any atom is -0.384 e. The Morgan fingerprint density at radius 3 is 2.62 bits per heavy atom. The van der Waals surface area contributed by atoms with Crippen LogP contribution in [-0.4, -0.2) is 67.4 Å². The number of amides is 1. The molecule has 2 aromatic rings. The van der Waals surface area contributed by atoms with Gasteiger partial charge in [-0.2, -0.15) is 4.31 Å². The molecule has 3 atom stereocenters. The molecule has 168 valence electrons. The first kappa shape index (κ1) is 22.5. The van der Waals surface area contributed by atoms with Gasteiger partial charge in [-0.3, -0.25) is 9.78 Å². The highest BCUT2D eigenvalue weighted by Gasteiger charge is 2.50. The van der Waals surface area contributed by atoms with E-state index in [-0.39, 0.29) is 29.3 Å². The molecule has 0 radical (unpaired) electrons. The predicted octanol–water partition coefficient (Wildman–Crippen LogP) is 2.40. The first-order valence-electron chi connectivity index (χ1n) is 10.7. The van der Waals surface area contributed by atoms with Crippen LogP contribution in [-0.2, 0) is 19.6 Å². The first-order valence-corrected chi connectivity index (χ1v) is 12.2. The molecule has 1 aromatic heterocycles. The fraction of sp³-hybridized carbons (Fsp3) is 0.417. The molecule has 0 spiro atoms. The van der Waals surface area contributed by atoms with Crippen LogP contribution in [0.1, 0.15) is 19.3 Å². The SMILES string of the molecule is C#CCN1CC(COC)C2CCCC(C1=O)N2S(=O)(=O)c1ccc(-c2ccccc2)nc1. The van der Waals surface area contributed by atoms with Crippen LogP contribution in [0.4, 0.5) is 0 Å². The number of benzene rings is 1. The van der Waals surface area contributed by atoms with Crippen LogP contribution in [0.2, 0.25) is 0 Å². The van der Waals surface area contributed by atoms with Crippen molar-refractivity contribution in [1.82, 2.24) is 14.2 Å². The molecule has 1 aromatic carbocycles. The molecule has 1 amide bonds. The number of hydrogen-bond donors (Lipinski definition) is 0. The van der Waals surface area contributed by atoms with Gasteiger partial charge in [-0.1, -0.05) is 36.3 Å². The lowest BCUT2D eigenvalue weighted by molar-refractivity contribution is -0.134. The molecule has 2 saturated heterocycles. The van der Waals surface area contributed by atoms with Crippen molar-refractivity contribution in [3.05, 3.63) is 48.7 Å². The van der Waals surface area contributed by atoms with Gasteiger partial charge in [-0.25, -0.2) is 8.42 Å². The number of ether oxygens (including phenoxy) is 1. The molecule has 2 bridgehead atoms. The number of hydrogen-bond acceptors (Lipinski definition) is 5. The van der Waals surface area contributed by atoms with E-state index in [1.807, 2.05) is 30.3 Å². The van der Waals surface area contributed by atoms with Crippen molar-refractivity contribution in [3.63, 3.8) is 0 Å². The molecule has 3 heterocycles. The number of carbonyl (C=O) groups is 1. The Morgan fingerprint density at radius 1 is 1.19 bits per heavy atom. The third-order valence-corrected chi connectivity index (χ3v) is 8.17. The summed E-state index contributed by atoms with van der Waals surface area (Å²) in [4.78, 5) is 19.4. The Kier molecular flexibility index (Phi) is 6.60. The van der Waals surface area contributed by atoms with E-state index in [0.717, 1.165) is 12.0 Å². The Morgan fingerprint density at radius 2 is 1.97 bits per heavy atom. The first-order chi connectivity index (χ1) is 15.5. The number of pyridine rings is 1. The van der Waals surface area contributed by atoms with E-state index in [9.17, 15) is 13.2 Å². The summed E-state index contributed by atoms with van der Waals surface area (Å²) in [5.74, 6) is 2.14. The van der Waals surface area contributed by atoms with Crippen LogP contribution in [0, 0.1) is 18.3 Å². The Hall–Kier alpha value is -2.73. The largest absolute Gasteiger partial charge is 0.384 e. The third-order valence-electron chi connectivity index (χ3n) is 6.25. The van der Waals surface area contributed by atoms with Gasteiger partial charge in [-0.15, -0.1) is 6.42 Å². The van der Waals surface area contributed by atoms with Gasteiger partial charge in [0.05, 0.1) is 18.8 Å². The van der Waals surface area contributed by atoms with Gasteiger partial charge < -0.3 is 9.64 Å². The molecular formula is C24H27N3O4S. The molecule has 0 saturated carbocycles. The Balaban J connectivity index is 1.72. The van der Waals surface area contributed by atoms with E-state index in [0.29, 0.717) is 31.7 Å². The van der Waals surface area contributed by atoms with Crippen molar-refractivity contribution < 1.29 is 17.9 Å². The number of methoxy groups -OCH3 is 1. The van der Waals surface area contributed by atoms with Crippen molar-refractivity contribution in [1.29, 1.82) is 0 Å². The quantitative estimate of drug-likeness (QED) is 0.628. The minimum atomic E-state index is -3.95. The van der Waals surface area contributed by atoms with E-state index in [1.165, 1.54) is 10.5 Å². The topological polar surface area (TPSA) is 79.8 Å². The molecule has 2 aliphatic heterocycles. The lowest BCUT2D eigenvalue weighted by Crippen LogP contribution is -2.55. The minimum absolute atomic E-state index is 0.0865. The predicted molar refractivity (Wildman–Crippen MR) is 121 cm³/mol. The van der Waals surface area contributed by atoms with E-state index >= 15 is 0 Å². The van der Waals surface area contributed by atoms with Crippen LogP contribution in [0.5, 0.6) is 0 Å². The molecule has 7 nitrogen and oxygen atoms in total. The van der Waals surface area contributed by atoms with Gasteiger partial charge in [-0.05, 0) is 31.4 Å². The van der Waals surface area contributed by atoms with E-state index < -0.39 is 16.1 Å². The summed E-state index contributed by atoms with van der Waals surface area (Å²) in [6, 6.07) is 11.7. The second-order valence-electron chi connectivity index (χ2n) is 8.23. The molecule has 0 aliphatic carbocycles. The summed E-state index contributed by atoms with van der Waals surface area (Å²) >= 11 is 0. The average Bonchev–Trinajstić information content (AvgIpc) is 2.88. The fourth-order valence-corrected chi connectivity index (χ4v) is 6.63. The smallest absolute Gasteiger partial charge is 0.245 e. The highest BCUT2D eigenvalue weighted by molar-refractivity contribution is 7.89. The third kappa shape index (κ3) is 4.16. The van der Waals surface area contributed by atoms with E-state index in [2.05, 4.69) is 10.9 Å². The van der Waals surface area contributed by atoms with Gasteiger partial charge in [0.2, 0.25) is 15.9 Å². The number of fused-ring (bicyclic) bond motifs is 2.